The number of nitrogens with one attached hydrogen (secondary N) is 1. The Morgan fingerprint density at radius 2 is 1.76 bits per heavy atom. The SMILES string of the molecule is COc1ccc(NC(=O)c2ccc(S(=O)(=O)N3CCc4ccccc4C3)cc2)c([N+](=O)[O-])c1. The molecule has 0 saturated carbocycles. The number of amides is 1. The van der Waals surface area contributed by atoms with E-state index in [-0.39, 0.29) is 27.6 Å². The summed E-state index contributed by atoms with van der Waals surface area (Å²) in [7, 11) is -2.35. The van der Waals surface area contributed by atoms with Crippen LogP contribution in [0.15, 0.2) is 71.6 Å². The van der Waals surface area contributed by atoms with Gasteiger partial charge in [-0.3, -0.25) is 14.9 Å². The minimum absolute atomic E-state index is 0.00878. The molecule has 0 fully saturated rings. The summed E-state index contributed by atoms with van der Waals surface area (Å²) in [6.45, 7) is 0.671. The van der Waals surface area contributed by atoms with E-state index in [0.717, 1.165) is 11.1 Å². The third-order valence-corrected chi connectivity index (χ3v) is 7.36. The molecule has 0 unspecified atom stereocenters. The fraction of sp³-hybridized carbons (Fsp3) is 0.174. The van der Waals surface area contributed by atoms with E-state index < -0.39 is 20.9 Å². The summed E-state index contributed by atoms with van der Waals surface area (Å²) in [5, 5.41) is 13.8. The van der Waals surface area contributed by atoms with Crippen LogP contribution in [0.4, 0.5) is 11.4 Å². The number of nitro groups is 1. The number of nitrogens with zero attached hydrogens (tertiary/aromatic N) is 2. The Kier molecular flexibility index (Phi) is 6.12. The Labute approximate surface area is 190 Å². The first-order valence-electron chi connectivity index (χ1n) is 10.1. The first-order chi connectivity index (χ1) is 15.8. The topological polar surface area (TPSA) is 119 Å². The van der Waals surface area contributed by atoms with Crippen LogP contribution in [0.5, 0.6) is 5.75 Å². The third kappa shape index (κ3) is 4.57. The second-order valence-corrected chi connectivity index (χ2v) is 9.41. The second kappa shape index (κ2) is 9.00. The normalized spacial score (nSPS) is 13.7. The van der Waals surface area contributed by atoms with E-state index >= 15 is 0 Å². The lowest BCUT2D eigenvalue weighted by Gasteiger charge is -2.28. The van der Waals surface area contributed by atoms with Gasteiger partial charge in [-0.2, -0.15) is 4.31 Å². The zero-order valence-corrected chi connectivity index (χ0v) is 18.5. The number of hydrogen-bond acceptors (Lipinski definition) is 6. The number of sulfonamides is 1. The van der Waals surface area contributed by atoms with Crippen LogP contribution in [0, 0.1) is 10.1 Å². The van der Waals surface area contributed by atoms with Crippen LogP contribution in [0.25, 0.3) is 0 Å². The van der Waals surface area contributed by atoms with E-state index in [2.05, 4.69) is 5.32 Å². The van der Waals surface area contributed by atoms with Crippen molar-refractivity contribution in [3.8, 4) is 5.75 Å². The molecule has 0 atom stereocenters. The molecule has 3 aromatic rings. The lowest BCUT2D eigenvalue weighted by atomic mass is 10.0. The van der Waals surface area contributed by atoms with Crippen LogP contribution < -0.4 is 10.1 Å². The molecule has 0 aliphatic carbocycles. The number of carbonyl (C=O) groups excluding carboxylic acids is 1. The Balaban J connectivity index is 1.52. The van der Waals surface area contributed by atoms with Gasteiger partial charge in [0.25, 0.3) is 11.6 Å². The number of benzene rings is 3. The number of ether oxygens (including phenoxy) is 1. The number of anilines is 1. The molecule has 1 aliphatic heterocycles. The van der Waals surface area contributed by atoms with Gasteiger partial charge in [0.05, 0.1) is 23.0 Å². The van der Waals surface area contributed by atoms with Crippen LogP contribution in [0.3, 0.4) is 0 Å². The lowest BCUT2D eigenvalue weighted by molar-refractivity contribution is -0.384. The van der Waals surface area contributed by atoms with Gasteiger partial charge in [0.1, 0.15) is 11.4 Å². The standard InChI is InChI=1S/C23H21N3O6S/c1-32-19-8-11-21(22(14-19)26(28)29)24-23(27)17-6-9-20(10-7-17)33(30,31)25-13-12-16-4-2-3-5-18(16)15-25/h2-11,14H,12-13,15H2,1H3,(H,24,27). The van der Waals surface area contributed by atoms with Gasteiger partial charge in [-0.05, 0) is 53.9 Å². The first kappa shape index (κ1) is 22.4. The van der Waals surface area contributed by atoms with Gasteiger partial charge >= 0.3 is 0 Å². The smallest absolute Gasteiger partial charge is 0.296 e. The number of hydrogen-bond donors (Lipinski definition) is 1. The van der Waals surface area contributed by atoms with Crippen molar-refractivity contribution in [1.82, 2.24) is 4.31 Å². The maximum Gasteiger partial charge on any atom is 0.296 e. The van der Waals surface area contributed by atoms with E-state index in [1.54, 1.807) is 0 Å². The lowest BCUT2D eigenvalue weighted by Crippen LogP contribution is -2.35. The number of rotatable bonds is 6. The molecule has 0 radical (unpaired) electrons. The van der Waals surface area contributed by atoms with Crippen molar-refractivity contribution in [2.45, 2.75) is 17.9 Å². The van der Waals surface area contributed by atoms with E-state index in [1.807, 2.05) is 24.3 Å². The largest absolute Gasteiger partial charge is 0.496 e. The first-order valence-corrected chi connectivity index (χ1v) is 11.5. The highest BCUT2D eigenvalue weighted by atomic mass is 32.2. The molecule has 0 spiro atoms. The fourth-order valence-electron chi connectivity index (χ4n) is 3.69. The van der Waals surface area contributed by atoms with E-state index in [0.29, 0.717) is 19.5 Å². The van der Waals surface area contributed by atoms with Crippen LogP contribution in [-0.4, -0.2) is 37.2 Å². The Bertz CT molecular complexity index is 1320. The van der Waals surface area contributed by atoms with Crippen molar-refractivity contribution in [1.29, 1.82) is 0 Å². The van der Waals surface area contributed by atoms with Crippen molar-refractivity contribution >= 4 is 27.3 Å². The van der Waals surface area contributed by atoms with Gasteiger partial charge in [-0.25, -0.2) is 8.42 Å². The molecular weight excluding hydrogens is 446 g/mol. The van der Waals surface area contributed by atoms with E-state index in [9.17, 15) is 23.3 Å². The molecular formula is C23H21N3O6S. The van der Waals surface area contributed by atoms with Crippen LogP contribution >= 0.6 is 0 Å². The minimum atomic E-state index is -3.73. The van der Waals surface area contributed by atoms with Crippen molar-refractivity contribution in [2.24, 2.45) is 0 Å². The molecule has 0 aromatic heterocycles. The molecule has 1 N–H and O–H groups in total. The van der Waals surface area contributed by atoms with Gasteiger partial charge in [0, 0.05) is 18.7 Å². The monoisotopic (exact) mass is 467 g/mol. The molecule has 170 valence electrons. The molecule has 4 rings (SSSR count). The van der Waals surface area contributed by atoms with Crippen molar-refractivity contribution in [2.75, 3.05) is 19.0 Å². The molecule has 0 saturated heterocycles. The van der Waals surface area contributed by atoms with Gasteiger partial charge in [0.15, 0.2) is 0 Å². The highest BCUT2D eigenvalue weighted by Crippen LogP contribution is 2.30. The Morgan fingerprint density at radius 1 is 1.06 bits per heavy atom. The molecule has 9 nitrogen and oxygen atoms in total. The zero-order chi connectivity index (χ0) is 23.6. The van der Waals surface area contributed by atoms with Gasteiger partial charge < -0.3 is 10.1 Å². The van der Waals surface area contributed by atoms with Crippen LogP contribution in [-0.2, 0) is 23.0 Å². The average Bonchev–Trinajstić information content (AvgIpc) is 2.83. The van der Waals surface area contributed by atoms with Gasteiger partial charge in [-0.15, -0.1) is 0 Å². The molecule has 1 aliphatic rings. The summed E-state index contributed by atoms with van der Waals surface area (Å²) < 4.78 is 32.6. The van der Waals surface area contributed by atoms with Crippen LogP contribution in [0.1, 0.15) is 21.5 Å². The van der Waals surface area contributed by atoms with E-state index in [4.69, 9.17) is 4.74 Å². The molecule has 10 heteroatoms. The second-order valence-electron chi connectivity index (χ2n) is 7.48. The minimum Gasteiger partial charge on any atom is -0.496 e. The average molecular weight is 468 g/mol. The molecule has 3 aromatic carbocycles. The predicted octanol–water partition coefficient (Wildman–Crippen LogP) is 3.60. The summed E-state index contributed by atoms with van der Waals surface area (Å²) in [5.74, 6) is -0.311. The fourth-order valence-corrected chi connectivity index (χ4v) is 5.11. The van der Waals surface area contributed by atoms with Crippen molar-refractivity contribution in [3.63, 3.8) is 0 Å². The zero-order valence-electron chi connectivity index (χ0n) is 17.7. The van der Waals surface area contributed by atoms with Gasteiger partial charge in [0.2, 0.25) is 10.0 Å². The van der Waals surface area contributed by atoms with E-state index in [1.165, 1.54) is 53.9 Å². The molecule has 33 heavy (non-hydrogen) atoms. The maximum atomic E-state index is 13.1. The number of fused-ring (bicyclic) bond motifs is 1. The summed E-state index contributed by atoms with van der Waals surface area (Å²) in [6.07, 6.45) is 0.635. The Morgan fingerprint density at radius 3 is 2.42 bits per heavy atom. The molecule has 1 heterocycles. The number of nitro benzene ring substituents is 1. The third-order valence-electron chi connectivity index (χ3n) is 5.50. The van der Waals surface area contributed by atoms with Crippen LogP contribution in [0.2, 0.25) is 0 Å². The molecule has 0 bridgehead atoms. The summed E-state index contributed by atoms with van der Waals surface area (Å²) in [4.78, 5) is 23.4. The maximum absolute atomic E-state index is 13.1. The van der Waals surface area contributed by atoms with Crippen molar-refractivity contribution < 1.29 is 22.9 Å². The number of methoxy groups -OCH3 is 1. The molecule has 1 amide bonds. The quantitative estimate of drug-likeness (QED) is 0.437. The highest BCUT2D eigenvalue weighted by Gasteiger charge is 2.28. The summed E-state index contributed by atoms with van der Waals surface area (Å²) in [5.41, 5.74) is 1.98. The predicted molar refractivity (Wildman–Crippen MR) is 122 cm³/mol. The van der Waals surface area contributed by atoms with Gasteiger partial charge in [-0.1, -0.05) is 24.3 Å². The Hall–Kier alpha value is -3.76. The summed E-state index contributed by atoms with van der Waals surface area (Å²) in [6, 6.07) is 17.3. The number of carbonyl (C=O) groups is 1. The summed E-state index contributed by atoms with van der Waals surface area (Å²) >= 11 is 0. The highest BCUT2D eigenvalue weighted by molar-refractivity contribution is 7.89. The van der Waals surface area contributed by atoms with Crippen molar-refractivity contribution in [3.05, 3.63) is 93.5 Å².